The van der Waals surface area contributed by atoms with E-state index < -0.39 is 0 Å². The lowest BCUT2D eigenvalue weighted by Gasteiger charge is -2.31. The highest BCUT2D eigenvalue weighted by molar-refractivity contribution is 6.30. The Kier molecular flexibility index (Phi) is 6.32. The Hall–Kier alpha value is -3.13. The fourth-order valence-electron chi connectivity index (χ4n) is 4.11. The maximum Gasteiger partial charge on any atom is 0.310 e. The molecule has 1 saturated heterocycles. The van der Waals surface area contributed by atoms with Crippen molar-refractivity contribution >= 4 is 29.1 Å². The van der Waals surface area contributed by atoms with Gasteiger partial charge < -0.3 is 9.64 Å². The van der Waals surface area contributed by atoms with Gasteiger partial charge in [-0.15, -0.1) is 0 Å². The average Bonchev–Trinajstić information content (AvgIpc) is 3.21. The lowest BCUT2D eigenvalue weighted by atomic mass is 9.97. The van der Waals surface area contributed by atoms with E-state index in [0.717, 1.165) is 12.0 Å². The molecule has 0 unspecified atom stereocenters. The number of hydrogen-bond acceptors (Lipinski definition) is 5. The van der Waals surface area contributed by atoms with Crippen LogP contribution < -0.4 is 5.56 Å². The normalized spacial score (nSPS) is 16.3. The molecule has 1 aliphatic rings. The van der Waals surface area contributed by atoms with Crippen molar-refractivity contribution in [1.82, 2.24) is 19.5 Å². The smallest absolute Gasteiger partial charge is 0.310 e. The molecule has 1 aliphatic heterocycles. The number of rotatable bonds is 5. The second kappa shape index (κ2) is 9.16. The third-order valence-corrected chi connectivity index (χ3v) is 6.07. The van der Waals surface area contributed by atoms with Gasteiger partial charge in [-0.25, -0.2) is 9.50 Å². The van der Waals surface area contributed by atoms with Crippen LogP contribution in [-0.2, 0) is 16.0 Å². The predicted molar refractivity (Wildman–Crippen MR) is 120 cm³/mol. The van der Waals surface area contributed by atoms with Crippen LogP contribution in [0, 0.1) is 12.8 Å². The van der Waals surface area contributed by atoms with Crippen molar-refractivity contribution in [3.05, 3.63) is 68.2 Å². The summed E-state index contributed by atoms with van der Waals surface area (Å²) in [7, 11) is 0. The SMILES string of the molecule is CCOC(=O)[C@@H]1CCCN(C(=O)c2c[nH]n3c(=O)c(Cc4ccc(Cl)cc4)c(C)nc23)C1. The van der Waals surface area contributed by atoms with Crippen LogP contribution >= 0.6 is 11.6 Å². The van der Waals surface area contributed by atoms with Crippen molar-refractivity contribution in [3.63, 3.8) is 0 Å². The molecule has 1 N–H and O–H groups in total. The van der Waals surface area contributed by atoms with Crippen LogP contribution in [0.15, 0.2) is 35.3 Å². The molecule has 1 amide bonds. The van der Waals surface area contributed by atoms with Gasteiger partial charge in [-0.05, 0) is 44.4 Å². The number of carbonyl (C=O) groups excluding carboxylic acids is 2. The number of piperidine rings is 1. The number of hydrogen-bond donors (Lipinski definition) is 1. The van der Waals surface area contributed by atoms with Crippen LogP contribution in [-0.4, -0.2) is 51.1 Å². The monoisotopic (exact) mass is 456 g/mol. The molecular weight excluding hydrogens is 432 g/mol. The quantitative estimate of drug-likeness (QED) is 0.595. The van der Waals surface area contributed by atoms with Gasteiger partial charge in [-0.3, -0.25) is 19.5 Å². The second-order valence-corrected chi connectivity index (χ2v) is 8.41. The lowest BCUT2D eigenvalue weighted by Crippen LogP contribution is -2.42. The summed E-state index contributed by atoms with van der Waals surface area (Å²) in [5.74, 6) is -0.864. The zero-order chi connectivity index (χ0) is 22.8. The molecule has 168 valence electrons. The van der Waals surface area contributed by atoms with Crippen LogP contribution in [0.2, 0.25) is 5.02 Å². The van der Waals surface area contributed by atoms with E-state index in [1.54, 1.807) is 30.9 Å². The Balaban J connectivity index is 1.62. The number of benzene rings is 1. The molecule has 32 heavy (non-hydrogen) atoms. The van der Waals surface area contributed by atoms with Gasteiger partial charge in [0, 0.05) is 42.0 Å². The van der Waals surface area contributed by atoms with E-state index in [1.807, 2.05) is 12.1 Å². The zero-order valence-corrected chi connectivity index (χ0v) is 18.8. The van der Waals surface area contributed by atoms with Crippen LogP contribution in [0.4, 0.5) is 0 Å². The standard InChI is InChI=1S/C23H25ClN4O4/c1-3-32-23(31)16-5-4-10-27(13-16)21(29)19-12-25-28-20(19)26-14(2)18(22(28)30)11-15-6-8-17(24)9-7-15/h6-9,12,16,25H,3-5,10-11,13H2,1-2H3/t16-/m1/s1. The van der Waals surface area contributed by atoms with Gasteiger partial charge in [-0.2, -0.15) is 0 Å². The van der Waals surface area contributed by atoms with Crippen molar-refractivity contribution in [2.75, 3.05) is 19.7 Å². The minimum Gasteiger partial charge on any atom is -0.466 e. The Bertz CT molecular complexity index is 1220. The first-order valence-electron chi connectivity index (χ1n) is 10.7. The van der Waals surface area contributed by atoms with E-state index in [1.165, 1.54) is 10.7 Å². The summed E-state index contributed by atoms with van der Waals surface area (Å²) >= 11 is 5.95. The van der Waals surface area contributed by atoms with E-state index in [9.17, 15) is 14.4 Å². The molecule has 0 bridgehead atoms. The van der Waals surface area contributed by atoms with E-state index in [-0.39, 0.29) is 29.0 Å². The first-order chi connectivity index (χ1) is 15.4. The lowest BCUT2D eigenvalue weighted by molar-refractivity contribution is -0.149. The predicted octanol–water partition coefficient (Wildman–Crippen LogP) is 2.99. The highest BCUT2D eigenvalue weighted by Crippen LogP contribution is 2.21. The van der Waals surface area contributed by atoms with Crippen molar-refractivity contribution in [2.45, 2.75) is 33.1 Å². The molecular formula is C23H25ClN4O4. The number of aromatic nitrogens is 3. The van der Waals surface area contributed by atoms with Gasteiger partial charge in [0.2, 0.25) is 0 Å². The molecule has 8 nitrogen and oxygen atoms in total. The van der Waals surface area contributed by atoms with Crippen LogP contribution in [0.5, 0.6) is 0 Å². The maximum absolute atomic E-state index is 13.2. The van der Waals surface area contributed by atoms with E-state index in [0.29, 0.717) is 54.4 Å². The van der Waals surface area contributed by atoms with Gasteiger partial charge in [0.15, 0.2) is 5.65 Å². The number of nitrogens with one attached hydrogen (secondary N) is 1. The Morgan fingerprint density at radius 2 is 2.03 bits per heavy atom. The van der Waals surface area contributed by atoms with Crippen LogP contribution in [0.3, 0.4) is 0 Å². The number of halogens is 1. The fourth-order valence-corrected chi connectivity index (χ4v) is 4.23. The van der Waals surface area contributed by atoms with E-state index in [2.05, 4.69) is 10.1 Å². The van der Waals surface area contributed by atoms with Crippen LogP contribution in [0.25, 0.3) is 5.65 Å². The van der Waals surface area contributed by atoms with Gasteiger partial charge in [-0.1, -0.05) is 23.7 Å². The highest BCUT2D eigenvalue weighted by Gasteiger charge is 2.31. The number of nitrogens with zero attached hydrogens (tertiary/aromatic N) is 3. The summed E-state index contributed by atoms with van der Waals surface area (Å²) < 4.78 is 6.43. The molecule has 1 atom stereocenters. The molecule has 1 aromatic carbocycles. The van der Waals surface area contributed by atoms with Gasteiger partial charge in [0.25, 0.3) is 11.5 Å². The van der Waals surface area contributed by atoms with E-state index in [4.69, 9.17) is 16.3 Å². The fraction of sp³-hybridized carbons (Fsp3) is 0.391. The number of aromatic amines is 1. The minimum atomic E-state index is -0.332. The third kappa shape index (κ3) is 4.27. The second-order valence-electron chi connectivity index (χ2n) is 7.97. The first-order valence-corrected chi connectivity index (χ1v) is 11.1. The number of likely N-dealkylation sites (tertiary alicyclic amines) is 1. The Morgan fingerprint density at radius 3 is 2.75 bits per heavy atom. The molecule has 0 saturated carbocycles. The molecule has 9 heteroatoms. The van der Waals surface area contributed by atoms with Gasteiger partial charge in [0.05, 0.1) is 12.5 Å². The molecule has 0 spiro atoms. The molecule has 2 aromatic heterocycles. The molecule has 0 aliphatic carbocycles. The molecule has 1 fully saturated rings. The zero-order valence-electron chi connectivity index (χ0n) is 18.1. The Morgan fingerprint density at radius 1 is 1.28 bits per heavy atom. The molecule has 4 rings (SSSR count). The summed E-state index contributed by atoms with van der Waals surface area (Å²) in [6.45, 7) is 4.70. The number of H-pyrrole nitrogens is 1. The molecule has 3 aromatic rings. The van der Waals surface area contributed by atoms with Crippen molar-refractivity contribution < 1.29 is 14.3 Å². The molecule has 3 heterocycles. The first kappa shape index (κ1) is 22.1. The minimum absolute atomic E-state index is 0.246. The van der Waals surface area contributed by atoms with E-state index >= 15 is 0 Å². The number of ether oxygens (including phenoxy) is 1. The third-order valence-electron chi connectivity index (χ3n) is 5.82. The summed E-state index contributed by atoms with van der Waals surface area (Å²) in [4.78, 5) is 44.7. The number of fused-ring (bicyclic) bond motifs is 1. The van der Waals surface area contributed by atoms with Gasteiger partial charge >= 0.3 is 5.97 Å². The molecule has 0 radical (unpaired) electrons. The summed E-state index contributed by atoms with van der Waals surface area (Å²) in [5, 5.41) is 3.51. The number of esters is 1. The summed E-state index contributed by atoms with van der Waals surface area (Å²) in [6.07, 6.45) is 3.33. The average molecular weight is 457 g/mol. The number of carbonyl (C=O) groups is 2. The topological polar surface area (TPSA) is 96.8 Å². The maximum atomic E-state index is 13.2. The number of aryl methyl sites for hydroxylation is 1. The van der Waals surface area contributed by atoms with Crippen molar-refractivity contribution in [2.24, 2.45) is 5.92 Å². The highest BCUT2D eigenvalue weighted by atomic mass is 35.5. The summed E-state index contributed by atoms with van der Waals surface area (Å²) in [5.41, 5.74) is 2.41. The van der Waals surface area contributed by atoms with Crippen molar-refractivity contribution in [3.8, 4) is 0 Å². The van der Waals surface area contributed by atoms with Crippen LogP contribution in [0.1, 0.15) is 46.9 Å². The largest absolute Gasteiger partial charge is 0.466 e. The Labute approximate surface area is 190 Å². The number of amides is 1. The van der Waals surface area contributed by atoms with Crippen molar-refractivity contribution in [1.29, 1.82) is 0 Å². The van der Waals surface area contributed by atoms with Gasteiger partial charge in [0.1, 0.15) is 5.56 Å². The summed E-state index contributed by atoms with van der Waals surface area (Å²) in [6, 6.07) is 7.30.